The molecule has 0 spiro atoms. The molecule has 1 fully saturated rings. The number of benzene rings is 2. The third kappa shape index (κ3) is 3.51. The van der Waals surface area contributed by atoms with Gasteiger partial charge in [0.25, 0.3) is 0 Å². The largest absolute Gasteiger partial charge is 0.370 e. The van der Waals surface area contributed by atoms with Crippen LogP contribution in [0.5, 0.6) is 0 Å². The van der Waals surface area contributed by atoms with Gasteiger partial charge in [-0.05, 0) is 12.8 Å². The van der Waals surface area contributed by atoms with Gasteiger partial charge in [0.15, 0.2) is 7.14 Å². The van der Waals surface area contributed by atoms with Gasteiger partial charge in [-0.1, -0.05) is 79.9 Å². The van der Waals surface area contributed by atoms with Crippen molar-refractivity contribution in [3.63, 3.8) is 0 Å². The van der Waals surface area contributed by atoms with Crippen molar-refractivity contribution in [2.24, 2.45) is 0 Å². The number of hydrogen-bond acceptors (Lipinski definition) is 2. The van der Waals surface area contributed by atoms with E-state index in [1.165, 1.54) is 19.3 Å². The first kappa shape index (κ1) is 15.5. The Kier molecular flexibility index (Phi) is 5.12. The Morgan fingerprint density at radius 1 is 0.818 bits per heavy atom. The highest BCUT2D eigenvalue weighted by Crippen LogP contribution is 2.44. The summed E-state index contributed by atoms with van der Waals surface area (Å²) in [5, 5.41) is 1.77. The fraction of sp³-hybridized carbons (Fsp3) is 0.368. The number of rotatable bonds is 5. The summed E-state index contributed by atoms with van der Waals surface area (Å²) in [7, 11) is -2.71. The molecule has 3 rings (SSSR count). The molecule has 2 aromatic carbocycles. The minimum atomic E-state index is -2.71. The first-order chi connectivity index (χ1) is 10.8. The summed E-state index contributed by atoms with van der Waals surface area (Å²) in [5.74, 6) is 0. The molecule has 22 heavy (non-hydrogen) atoms. The first-order valence-electron chi connectivity index (χ1n) is 8.11. The lowest BCUT2D eigenvalue weighted by Crippen LogP contribution is -2.24. The zero-order valence-corrected chi connectivity index (χ0v) is 13.8. The quantitative estimate of drug-likeness (QED) is 0.769. The minimum Gasteiger partial charge on any atom is -0.370 e. The van der Waals surface area contributed by atoms with Crippen LogP contribution in [0.2, 0.25) is 0 Å². The Morgan fingerprint density at radius 3 is 1.82 bits per heavy atom. The van der Waals surface area contributed by atoms with Crippen LogP contribution in [-0.2, 0) is 9.30 Å². The van der Waals surface area contributed by atoms with Crippen LogP contribution in [0.15, 0.2) is 60.7 Å². The summed E-state index contributed by atoms with van der Waals surface area (Å²) in [6, 6.07) is 19.5. The number of ether oxygens (including phenoxy) is 1. The van der Waals surface area contributed by atoms with Crippen LogP contribution in [0.25, 0.3) is 0 Å². The van der Waals surface area contributed by atoms with E-state index in [9.17, 15) is 4.57 Å². The third-order valence-corrected chi connectivity index (χ3v) is 7.17. The van der Waals surface area contributed by atoms with E-state index in [4.69, 9.17) is 4.74 Å². The Labute approximate surface area is 132 Å². The lowest BCUT2D eigenvalue weighted by molar-refractivity contribution is 0.0570. The monoisotopic (exact) mass is 314 g/mol. The Bertz CT molecular complexity index is 575. The molecule has 2 aromatic rings. The predicted molar refractivity (Wildman–Crippen MR) is 92.6 cm³/mol. The van der Waals surface area contributed by atoms with Crippen molar-refractivity contribution in [1.29, 1.82) is 0 Å². The van der Waals surface area contributed by atoms with Crippen LogP contribution in [0, 0.1) is 0 Å². The van der Waals surface area contributed by atoms with Crippen molar-refractivity contribution in [2.75, 3.05) is 6.35 Å². The summed E-state index contributed by atoms with van der Waals surface area (Å²) < 4.78 is 19.8. The molecule has 0 saturated heterocycles. The van der Waals surface area contributed by atoms with Crippen LogP contribution in [0.3, 0.4) is 0 Å². The van der Waals surface area contributed by atoms with Crippen molar-refractivity contribution in [2.45, 2.75) is 38.2 Å². The van der Waals surface area contributed by atoms with E-state index in [-0.39, 0.29) is 6.10 Å². The summed E-state index contributed by atoms with van der Waals surface area (Å²) in [6.07, 6.45) is 6.54. The second-order valence-corrected chi connectivity index (χ2v) is 8.74. The third-order valence-electron chi connectivity index (χ3n) is 4.39. The second kappa shape index (κ2) is 7.26. The molecule has 0 aromatic heterocycles. The highest BCUT2D eigenvalue weighted by atomic mass is 31.2. The van der Waals surface area contributed by atoms with E-state index in [2.05, 4.69) is 0 Å². The molecule has 116 valence electrons. The van der Waals surface area contributed by atoms with E-state index in [0.29, 0.717) is 6.35 Å². The molecule has 1 aliphatic rings. The Morgan fingerprint density at radius 2 is 1.32 bits per heavy atom. The first-order valence-corrected chi connectivity index (χ1v) is 10.0. The standard InChI is InChI=1S/C19H23O2P/c20-22(18-12-6-2-7-13-18,19-14-8-3-9-15-19)16-21-17-10-4-1-5-11-17/h2-3,6-9,12-15,17H,1,4-5,10-11,16H2. The molecule has 0 heterocycles. The van der Waals surface area contributed by atoms with Crippen LogP contribution < -0.4 is 10.6 Å². The van der Waals surface area contributed by atoms with Crippen molar-refractivity contribution in [1.82, 2.24) is 0 Å². The van der Waals surface area contributed by atoms with Gasteiger partial charge in [-0.25, -0.2) is 0 Å². The van der Waals surface area contributed by atoms with Crippen LogP contribution in [0.4, 0.5) is 0 Å². The molecule has 0 atom stereocenters. The van der Waals surface area contributed by atoms with Gasteiger partial charge in [0, 0.05) is 10.6 Å². The molecular weight excluding hydrogens is 291 g/mol. The summed E-state index contributed by atoms with van der Waals surface area (Å²) in [4.78, 5) is 0. The molecule has 0 bridgehead atoms. The van der Waals surface area contributed by atoms with Gasteiger partial charge in [-0.3, -0.25) is 0 Å². The Balaban J connectivity index is 1.85. The summed E-state index contributed by atoms with van der Waals surface area (Å²) in [6.45, 7) is 0. The predicted octanol–water partition coefficient (Wildman–Crippen LogP) is 4.31. The van der Waals surface area contributed by atoms with Crippen LogP contribution >= 0.6 is 7.14 Å². The maximum atomic E-state index is 13.7. The van der Waals surface area contributed by atoms with Crippen molar-refractivity contribution < 1.29 is 9.30 Å². The molecular formula is C19H23O2P. The molecule has 0 radical (unpaired) electrons. The smallest absolute Gasteiger partial charge is 0.167 e. The van der Waals surface area contributed by atoms with Gasteiger partial charge < -0.3 is 9.30 Å². The van der Waals surface area contributed by atoms with Gasteiger partial charge in [0.05, 0.1) is 6.10 Å². The second-order valence-electron chi connectivity index (χ2n) is 5.97. The van der Waals surface area contributed by atoms with Crippen molar-refractivity contribution in [3.8, 4) is 0 Å². The van der Waals surface area contributed by atoms with Gasteiger partial charge in [-0.15, -0.1) is 0 Å². The molecule has 0 unspecified atom stereocenters. The highest BCUT2D eigenvalue weighted by molar-refractivity contribution is 7.78. The highest BCUT2D eigenvalue weighted by Gasteiger charge is 2.29. The average Bonchev–Trinajstić information content (AvgIpc) is 2.62. The SMILES string of the molecule is O=P(COC1CCCCC1)(c1ccccc1)c1ccccc1. The zero-order chi connectivity index (χ0) is 15.3. The van der Waals surface area contributed by atoms with Gasteiger partial charge in [0.1, 0.15) is 6.35 Å². The van der Waals surface area contributed by atoms with Crippen molar-refractivity contribution >= 4 is 17.8 Å². The van der Waals surface area contributed by atoms with E-state index < -0.39 is 7.14 Å². The molecule has 0 amide bonds. The number of hydrogen-bond donors (Lipinski definition) is 0. The zero-order valence-electron chi connectivity index (χ0n) is 12.9. The minimum absolute atomic E-state index is 0.273. The maximum absolute atomic E-state index is 13.7. The lowest BCUT2D eigenvalue weighted by atomic mass is 9.98. The van der Waals surface area contributed by atoms with Gasteiger partial charge in [-0.2, -0.15) is 0 Å². The van der Waals surface area contributed by atoms with E-state index in [0.717, 1.165) is 23.5 Å². The molecule has 2 nitrogen and oxygen atoms in total. The topological polar surface area (TPSA) is 26.3 Å². The summed E-state index contributed by atoms with van der Waals surface area (Å²) in [5.41, 5.74) is 0. The van der Waals surface area contributed by atoms with Crippen LogP contribution in [0.1, 0.15) is 32.1 Å². The molecule has 0 N–H and O–H groups in total. The average molecular weight is 314 g/mol. The fourth-order valence-corrected chi connectivity index (χ4v) is 5.40. The maximum Gasteiger partial charge on any atom is 0.167 e. The van der Waals surface area contributed by atoms with Gasteiger partial charge in [0.2, 0.25) is 0 Å². The van der Waals surface area contributed by atoms with E-state index in [1.807, 2.05) is 60.7 Å². The molecule has 1 saturated carbocycles. The molecule has 0 aliphatic heterocycles. The summed E-state index contributed by atoms with van der Waals surface area (Å²) >= 11 is 0. The van der Waals surface area contributed by atoms with Crippen molar-refractivity contribution in [3.05, 3.63) is 60.7 Å². The van der Waals surface area contributed by atoms with Gasteiger partial charge >= 0.3 is 0 Å². The van der Waals surface area contributed by atoms with E-state index in [1.54, 1.807) is 0 Å². The normalized spacial score (nSPS) is 16.5. The fourth-order valence-electron chi connectivity index (χ4n) is 3.08. The van der Waals surface area contributed by atoms with Crippen LogP contribution in [-0.4, -0.2) is 12.5 Å². The molecule has 3 heteroatoms. The lowest BCUT2D eigenvalue weighted by Gasteiger charge is -2.26. The van der Waals surface area contributed by atoms with E-state index >= 15 is 0 Å². The Hall–Kier alpha value is -1.37. The molecule has 1 aliphatic carbocycles.